The number of nitrogens with zero attached hydrogens (tertiary/aromatic N) is 2. The molecule has 5 rings (SSSR count). The molecule has 5 aliphatic rings. The van der Waals surface area contributed by atoms with Gasteiger partial charge >= 0.3 is 0 Å². The fourth-order valence-corrected chi connectivity index (χ4v) is 12.4. The van der Waals surface area contributed by atoms with Crippen molar-refractivity contribution >= 4 is 41.2 Å². The number of amides is 6. The molecule has 5 fully saturated rings. The molecular formula is C55H98N10O7. The molecule has 6 amide bonds. The molecule has 0 spiro atoms. The van der Waals surface area contributed by atoms with E-state index in [-0.39, 0.29) is 103 Å². The first-order chi connectivity index (χ1) is 34.1. The van der Waals surface area contributed by atoms with Gasteiger partial charge in [-0.15, -0.1) is 0 Å². The van der Waals surface area contributed by atoms with Crippen molar-refractivity contribution in [2.75, 3.05) is 53.4 Å². The van der Waals surface area contributed by atoms with Crippen LogP contribution in [0.15, 0.2) is 0 Å². The Labute approximate surface area is 432 Å². The second-order valence-electron chi connectivity index (χ2n) is 24.6. The number of likely N-dealkylation sites (tertiary alicyclic amines) is 2. The topological polar surface area (TPSA) is 222 Å². The van der Waals surface area contributed by atoms with Gasteiger partial charge in [-0.25, -0.2) is 0 Å². The highest BCUT2D eigenvalue weighted by molar-refractivity contribution is 5.94. The Morgan fingerprint density at radius 1 is 0.583 bits per heavy atom. The van der Waals surface area contributed by atoms with E-state index in [1.165, 1.54) is 19.3 Å². The Morgan fingerprint density at radius 2 is 1.14 bits per heavy atom. The Kier molecular flexibility index (Phi) is 22.8. The van der Waals surface area contributed by atoms with E-state index < -0.39 is 35.0 Å². The first-order valence-corrected chi connectivity index (χ1v) is 28.2. The Hall–Kier alpha value is -3.67. The number of carbonyl (C=O) groups is 7. The molecule has 0 aromatic rings. The molecule has 3 aliphatic carbocycles. The van der Waals surface area contributed by atoms with Crippen molar-refractivity contribution in [3.8, 4) is 0 Å². The molecule has 410 valence electrons. The minimum absolute atomic E-state index is 0.00258. The van der Waals surface area contributed by atoms with Crippen LogP contribution < -0.4 is 42.5 Å². The SMILES string of the molecule is CNCC(=O)N[C@H](C(=O)CN1CCC[C@H]1C(C)N[C@H](CNC(=O)C1CCCC(C(=O)NC[C@@H](NC(=O)[C@@H]2CCCN2C(=O)[C@@H](NC(=O)[C@H](C)NC)C(C)(C)C)C2CCCCC2)C1)C1CCCCC1)C(C)(C)C. The summed E-state index contributed by atoms with van der Waals surface area (Å²) in [5.41, 5.74) is -1.02. The fourth-order valence-electron chi connectivity index (χ4n) is 12.4. The van der Waals surface area contributed by atoms with E-state index in [1.807, 2.05) is 41.5 Å². The van der Waals surface area contributed by atoms with Crippen molar-refractivity contribution in [3.05, 3.63) is 0 Å². The summed E-state index contributed by atoms with van der Waals surface area (Å²) in [6.45, 7) is 18.1. The number of likely N-dealkylation sites (N-methyl/N-ethyl adjacent to an activating group) is 2. The average Bonchev–Trinajstić information content (AvgIpc) is 4.05. The summed E-state index contributed by atoms with van der Waals surface area (Å²) in [5, 5.41) is 25.6. The maximum Gasteiger partial charge on any atom is 0.246 e. The quantitative estimate of drug-likeness (QED) is 0.0733. The number of hydrogen-bond donors (Lipinski definition) is 8. The molecule has 0 radical (unpaired) electrons. The van der Waals surface area contributed by atoms with Crippen molar-refractivity contribution in [2.24, 2.45) is 34.5 Å². The Balaban J connectivity index is 1.17. The van der Waals surface area contributed by atoms with Crippen LogP contribution in [-0.2, 0) is 33.6 Å². The molecule has 0 aromatic heterocycles. The molecule has 17 nitrogen and oxygen atoms in total. The third kappa shape index (κ3) is 16.9. The highest BCUT2D eigenvalue weighted by Crippen LogP contribution is 2.33. The van der Waals surface area contributed by atoms with Gasteiger partial charge in [0, 0.05) is 55.6 Å². The molecule has 2 heterocycles. The molecule has 10 atom stereocenters. The maximum atomic E-state index is 14.2. The van der Waals surface area contributed by atoms with Gasteiger partial charge in [-0.05, 0) is 128 Å². The van der Waals surface area contributed by atoms with Gasteiger partial charge in [0.2, 0.25) is 35.4 Å². The molecule has 17 heteroatoms. The molecular weight excluding hydrogens is 913 g/mol. The smallest absolute Gasteiger partial charge is 0.246 e. The highest BCUT2D eigenvalue weighted by atomic mass is 16.2. The maximum absolute atomic E-state index is 14.2. The third-order valence-corrected chi connectivity index (χ3v) is 16.9. The molecule has 0 aromatic carbocycles. The van der Waals surface area contributed by atoms with E-state index in [0.717, 1.165) is 77.2 Å². The van der Waals surface area contributed by atoms with Gasteiger partial charge in [-0.1, -0.05) is 86.5 Å². The number of nitrogens with one attached hydrogen (secondary N) is 8. The van der Waals surface area contributed by atoms with Crippen LogP contribution in [0.2, 0.25) is 0 Å². The van der Waals surface area contributed by atoms with Gasteiger partial charge < -0.3 is 47.4 Å². The zero-order valence-electron chi connectivity index (χ0n) is 46.2. The summed E-state index contributed by atoms with van der Waals surface area (Å²) >= 11 is 0. The largest absolute Gasteiger partial charge is 0.354 e. The number of carbonyl (C=O) groups excluding carboxylic acids is 7. The number of ketones is 1. The van der Waals surface area contributed by atoms with Crippen LogP contribution in [0.25, 0.3) is 0 Å². The normalized spacial score (nSPS) is 25.3. The minimum Gasteiger partial charge on any atom is -0.354 e. The van der Waals surface area contributed by atoms with Crippen LogP contribution in [0.5, 0.6) is 0 Å². The average molecular weight is 1010 g/mol. The highest BCUT2D eigenvalue weighted by Gasteiger charge is 2.44. The van der Waals surface area contributed by atoms with Gasteiger partial charge in [0.15, 0.2) is 5.78 Å². The van der Waals surface area contributed by atoms with Crippen LogP contribution in [0.3, 0.4) is 0 Å². The van der Waals surface area contributed by atoms with Gasteiger partial charge in [0.25, 0.3) is 0 Å². The van der Waals surface area contributed by atoms with E-state index in [1.54, 1.807) is 25.9 Å². The summed E-state index contributed by atoms with van der Waals surface area (Å²) in [4.78, 5) is 99.8. The molecule has 2 aliphatic heterocycles. The summed E-state index contributed by atoms with van der Waals surface area (Å²) in [6.07, 6.45) is 16.8. The lowest BCUT2D eigenvalue weighted by atomic mass is 9.80. The first-order valence-electron chi connectivity index (χ1n) is 28.2. The van der Waals surface area contributed by atoms with Crippen molar-refractivity contribution in [2.45, 2.75) is 219 Å². The number of hydrogen-bond acceptors (Lipinski definition) is 11. The standard InChI is InChI=1S/C55H98N10O7/c1-35(43-26-18-28-64(43)34-45(66)47(54(3,4)5)62-46(67)33-56-9)60-41(37-20-13-11-14-21-37)31-58-50(69)39-24-17-25-40(30-39)51(70)59-32-42(38-22-15-12-16-23-38)61-52(71)44-27-19-29-65(44)53(72)48(55(6,7)8)63-49(68)36(2)57-10/h35-44,47-48,56-57,60H,11-34H2,1-10H3,(H,58,69)(H,59,70)(H,61,71)(H,62,67)(H,63,68)/t35?,36-,39?,40?,41+,42+,43-,44-,47+,48+/m0/s1. The van der Waals surface area contributed by atoms with Gasteiger partial charge in [-0.2, -0.15) is 0 Å². The molecule has 3 saturated carbocycles. The first kappa shape index (κ1) is 59.2. The second kappa shape index (κ2) is 27.7. The zero-order valence-corrected chi connectivity index (χ0v) is 46.2. The van der Waals surface area contributed by atoms with Crippen LogP contribution >= 0.6 is 0 Å². The minimum atomic E-state index is -0.806. The molecule has 2 saturated heterocycles. The summed E-state index contributed by atoms with van der Waals surface area (Å²) in [6, 6.07) is -2.55. The lowest BCUT2D eigenvalue weighted by molar-refractivity contribution is -0.144. The second-order valence-corrected chi connectivity index (χ2v) is 24.6. The Bertz CT molecular complexity index is 1810. The van der Waals surface area contributed by atoms with E-state index in [4.69, 9.17) is 0 Å². The van der Waals surface area contributed by atoms with Crippen LogP contribution in [0.1, 0.15) is 171 Å². The van der Waals surface area contributed by atoms with Crippen LogP contribution in [-0.4, -0.2) is 153 Å². The lowest BCUT2D eigenvalue weighted by Crippen LogP contribution is -2.60. The fraction of sp³-hybridized carbons (Fsp3) is 0.873. The van der Waals surface area contributed by atoms with Crippen molar-refractivity contribution in [3.63, 3.8) is 0 Å². The molecule has 3 unspecified atom stereocenters. The van der Waals surface area contributed by atoms with Crippen molar-refractivity contribution in [1.82, 2.24) is 52.3 Å². The monoisotopic (exact) mass is 1010 g/mol. The Morgan fingerprint density at radius 3 is 1.69 bits per heavy atom. The van der Waals surface area contributed by atoms with E-state index >= 15 is 0 Å². The van der Waals surface area contributed by atoms with Gasteiger partial charge in [0.05, 0.1) is 25.2 Å². The third-order valence-electron chi connectivity index (χ3n) is 16.9. The lowest BCUT2D eigenvalue weighted by Gasteiger charge is -2.38. The number of Topliss-reactive ketones (excluding diaryl/α,β-unsaturated/α-hetero) is 1. The number of rotatable bonds is 23. The molecule has 8 N–H and O–H groups in total. The predicted octanol–water partition coefficient (Wildman–Crippen LogP) is 3.93. The van der Waals surface area contributed by atoms with Gasteiger partial charge in [0.1, 0.15) is 12.1 Å². The van der Waals surface area contributed by atoms with Crippen molar-refractivity contribution < 1.29 is 33.6 Å². The van der Waals surface area contributed by atoms with Crippen molar-refractivity contribution in [1.29, 1.82) is 0 Å². The van der Waals surface area contributed by atoms with E-state index in [9.17, 15) is 33.6 Å². The zero-order chi connectivity index (χ0) is 52.8. The van der Waals surface area contributed by atoms with E-state index in [2.05, 4.69) is 54.4 Å². The van der Waals surface area contributed by atoms with Crippen LogP contribution in [0, 0.1) is 34.5 Å². The summed E-state index contributed by atoms with van der Waals surface area (Å²) in [7, 11) is 3.42. The molecule has 0 bridgehead atoms. The van der Waals surface area contributed by atoms with E-state index in [0.29, 0.717) is 44.7 Å². The summed E-state index contributed by atoms with van der Waals surface area (Å²) in [5.74, 6) is -0.973. The van der Waals surface area contributed by atoms with Crippen LogP contribution in [0.4, 0.5) is 0 Å². The molecule has 72 heavy (non-hydrogen) atoms. The van der Waals surface area contributed by atoms with Gasteiger partial charge in [-0.3, -0.25) is 38.5 Å². The summed E-state index contributed by atoms with van der Waals surface area (Å²) < 4.78 is 0. The predicted molar refractivity (Wildman–Crippen MR) is 282 cm³/mol.